The third-order valence-corrected chi connectivity index (χ3v) is 3.55. The molecule has 0 aromatic carbocycles. The van der Waals surface area contributed by atoms with E-state index in [9.17, 15) is 9.59 Å². The number of H-pyrrole nitrogens is 2. The van der Waals surface area contributed by atoms with Crippen molar-refractivity contribution in [2.75, 3.05) is 13.1 Å². The van der Waals surface area contributed by atoms with Crippen LogP contribution in [0.25, 0.3) is 11.5 Å². The quantitative estimate of drug-likeness (QED) is 0.871. The summed E-state index contributed by atoms with van der Waals surface area (Å²) >= 11 is 0. The van der Waals surface area contributed by atoms with Crippen LogP contribution >= 0.6 is 0 Å². The van der Waals surface area contributed by atoms with Gasteiger partial charge in [0.15, 0.2) is 5.82 Å². The second kappa shape index (κ2) is 6.58. The fourth-order valence-electron chi connectivity index (χ4n) is 2.49. The molecule has 1 amide bonds. The SMILES string of the molecule is CC(C)(C)OC(=O)N1CCC(Oc2cccc(-c3n[nH]c(=O)[nH]3)n2)C1. The van der Waals surface area contributed by atoms with Crippen molar-refractivity contribution in [3.8, 4) is 17.4 Å². The summed E-state index contributed by atoms with van der Waals surface area (Å²) in [6.45, 7) is 6.53. The number of carbonyl (C=O) groups is 1. The number of amides is 1. The van der Waals surface area contributed by atoms with Crippen molar-refractivity contribution in [2.24, 2.45) is 0 Å². The molecule has 3 rings (SSSR count). The highest BCUT2D eigenvalue weighted by molar-refractivity contribution is 5.68. The van der Waals surface area contributed by atoms with E-state index in [2.05, 4.69) is 20.2 Å². The molecule has 1 aliphatic heterocycles. The Hall–Kier alpha value is -2.84. The van der Waals surface area contributed by atoms with Crippen molar-refractivity contribution in [1.82, 2.24) is 25.1 Å². The molecule has 3 heterocycles. The number of nitrogens with one attached hydrogen (secondary N) is 2. The van der Waals surface area contributed by atoms with Gasteiger partial charge in [0, 0.05) is 19.0 Å². The number of ether oxygens (including phenoxy) is 2. The molecule has 1 unspecified atom stereocenters. The summed E-state index contributed by atoms with van der Waals surface area (Å²) < 4.78 is 11.2. The lowest BCUT2D eigenvalue weighted by molar-refractivity contribution is 0.0275. The first-order valence-electron chi connectivity index (χ1n) is 8.07. The molecule has 0 saturated carbocycles. The second-order valence-electron chi connectivity index (χ2n) is 6.84. The Morgan fingerprint density at radius 1 is 1.36 bits per heavy atom. The minimum absolute atomic E-state index is 0.159. The van der Waals surface area contributed by atoms with Crippen LogP contribution in [0, 0.1) is 0 Å². The van der Waals surface area contributed by atoms with Crippen molar-refractivity contribution in [3.05, 3.63) is 28.7 Å². The third kappa shape index (κ3) is 4.37. The van der Waals surface area contributed by atoms with E-state index >= 15 is 0 Å². The van der Waals surface area contributed by atoms with Crippen LogP contribution in [0.3, 0.4) is 0 Å². The average molecular weight is 347 g/mol. The molecule has 0 aliphatic carbocycles. The van der Waals surface area contributed by atoms with Crippen LogP contribution in [-0.4, -0.2) is 56.0 Å². The van der Waals surface area contributed by atoms with Crippen LogP contribution in [0.4, 0.5) is 4.79 Å². The standard InChI is InChI=1S/C16H21N5O4/c1-16(2,3)25-15(23)21-8-7-10(9-21)24-12-6-4-5-11(17-12)13-18-14(22)20-19-13/h4-6,10H,7-9H2,1-3H3,(H2,18,19,20,22). The topological polar surface area (TPSA) is 113 Å². The summed E-state index contributed by atoms with van der Waals surface area (Å²) in [7, 11) is 0. The lowest BCUT2D eigenvalue weighted by atomic mass is 10.2. The van der Waals surface area contributed by atoms with E-state index in [0.29, 0.717) is 36.9 Å². The molecule has 0 spiro atoms. The van der Waals surface area contributed by atoms with Crippen molar-refractivity contribution in [3.63, 3.8) is 0 Å². The number of pyridine rings is 1. The molecular formula is C16H21N5O4. The van der Waals surface area contributed by atoms with Crippen LogP contribution < -0.4 is 10.4 Å². The van der Waals surface area contributed by atoms with Gasteiger partial charge >= 0.3 is 11.8 Å². The number of hydrogen-bond donors (Lipinski definition) is 2. The van der Waals surface area contributed by atoms with Gasteiger partial charge < -0.3 is 14.4 Å². The van der Waals surface area contributed by atoms with Gasteiger partial charge in [-0.3, -0.25) is 4.98 Å². The molecule has 1 atom stereocenters. The number of aromatic amines is 2. The Morgan fingerprint density at radius 2 is 2.16 bits per heavy atom. The molecule has 2 N–H and O–H groups in total. The Balaban J connectivity index is 1.62. The van der Waals surface area contributed by atoms with Crippen molar-refractivity contribution in [2.45, 2.75) is 38.9 Å². The van der Waals surface area contributed by atoms with Crippen LogP contribution in [0.5, 0.6) is 5.88 Å². The zero-order chi connectivity index (χ0) is 18.0. The summed E-state index contributed by atoms with van der Waals surface area (Å²) in [5.74, 6) is 0.759. The van der Waals surface area contributed by atoms with E-state index in [4.69, 9.17) is 9.47 Å². The van der Waals surface area contributed by atoms with Crippen molar-refractivity contribution in [1.29, 1.82) is 0 Å². The monoisotopic (exact) mass is 347 g/mol. The minimum Gasteiger partial charge on any atom is -0.472 e. The molecule has 9 nitrogen and oxygen atoms in total. The molecule has 134 valence electrons. The molecule has 9 heteroatoms. The largest absolute Gasteiger partial charge is 0.472 e. The number of likely N-dealkylation sites (tertiary alicyclic amines) is 1. The molecule has 0 radical (unpaired) electrons. The number of carbonyl (C=O) groups excluding carboxylic acids is 1. The Morgan fingerprint density at radius 3 is 2.84 bits per heavy atom. The van der Waals surface area contributed by atoms with Gasteiger partial charge in [-0.2, -0.15) is 5.10 Å². The number of aromatic nitrogens is 4. The number of hydrogen-bond acceptors (Lipinski definition) is 6. The molecule has 1 saturated heterocycles. The Bertz CT molecular complexity index is 807. The maximum absolute atomic E-state index is 12.1. The smallest absolute Gasteiger partial charge is 0.410 e. The van der Waals surface area contributed by atoms with E-state index in [1.807, 2.05) is 20.8 Å². The molecule has 2 aromatic heterocycles. The highest BCUT2D eigenvalue weighted by Crippen LogP contribution is 2.21. The predicted octanol–water partition coefficient (Wildman–Crippen LogP) is 1.55. The summed E-state index contributed by atoms with van der Waals surface area (Å²) in [6.07, 6.45) is 0.201. The minimum atomic E-state index is -0.521. The average Bonchev–Trinajstić information content (AvgIpc) is 3.15. The zero-order valence-corrected chi connectivity index (χ0v) is 14.4. The van der Waals surface area contributed by atoms with Crippen LogP contribution in [0.2, 0.25) is 0 Å². The predicted molar refractivity (Wildman–Crippen MR) is 89.3 cm³/mol. The van der Waals surface area contributed by atoms with Gasteiger partial charge in [0.05, 0.1) is 6.54 Å². The first-order valence-corrected chi connectivity index (χ1v) is 8.07. The first kappa shape index (κ1) is 17.0. The van der Waals surface area contributed by atoms with Gasteiger partial charge in [0.2, 0.25) is 5.88 Å². The number of rotatable bonds is 3. The van der Waals surface area contributed by atoms with Gasteiger partial charge in [-0.25, -0.2) is 19.7 Å². The van der Waals surface area contributed by atoms with E-state index in [1.165, 1.54) is 0 Å². The van der Waals surface area contributed by atoms with Gasteiger partial charge in [0.1, 0.15) is 17.4 Å². The molecule has 0 bridgehead atoms. The molecule has 2 aromatic rings. The fourth-order valence-corrected chi connectivity index (χ4v) is 2.49. The van der Waals surface area contributed by atoms with Gasteiger partial charge in [-0.15, -0.1) is 0 Å². The first-order chi connectivity index (χ1) is 11.8. The summed E-state index contributed by atoms with van der Waals surface area (Å²) in [5.41, 5.74) is -0.420. The van der Waals surface area contributed by atoms with Gasteiger partial charge in [-0.05, 0) is 26.8 Å². The second-order valence-corrected chi connectivity index (χ2v) is 6.84. The Labute approximate surface area is 144 Å². The molecule has 25 heavy (non-hydrogen) atoms. The van der Waals surface area contributed by atoms with E-state index in [0.717, 1.165) is 0 Å². The van der Waals surface area contributed by atoms with Gasteiger partial charge in [-0.1, -0.05) is 6.07 Å². The Kier molecular flexibility index (Phi) is 4.47. The normalized spacial score (nSPS) is 17.6. The van der Waals surface area contributed by atoms with Crippen molar-refractivity contribution >= 4 is 6.09 Å². The molecule has 1 fully saturated rings. The lowest BCUT2D eigenvalue weighted by Gasteiger charge is -2.24. The maximum atomic E-state index is 12.1. The summed E-state index contributed by atoms with van der Waals surface area (Å²) in [6, 6.07) is 5.22. The fraction of sp³-hybridized carbons (Fsp3) is 0.500. The van der Waals surface area contributed by atoms with Crippen LogP contribution in [-0.2, 0) is 4.74 Å². The highest BCUT2D eigenvalue weighted by atomic mass is 16.6. The zero-order valence-electron chi connectivity index (χ0n) is 14.4. The summed E-state index contributed by atoms with van der Waals surface area (Å²) in [4.78, 5) is 31.7. The maximum Gasteiger partial charge on any atom is 0.410 e. The highest BCUT2D eigenvalue weighted by Gasteiger charge is 2.31. The van der Waals surface area contributed by atoms with Gasteiger partial charge in [0.25, 0.3) is 0 Å². The van der Waals surface area contributed by atoms with E-state index in [1.54, 1.807) is 23.1 Å². The van der Waals surface area contributed by atoms with E-state index in [-0.39, 0.29) is 12.2 Å². The third-order valence-electron chi connectivity index (χ3n) is 3.55. The molecular weight excluding hydrogens is 326 g/mol. The number of nitrogens with zero attached hydrogens (tertiary/aromatic N) is 3. The van der Waals surface area contributed by atoms with Crippen LogP contribution in [0.1, 0.15) is 27.2 Å². The van der Waals surface area contributed by atoms with E-state index < -0.39 is 11.3 Å². The summed E-state index contributed by atoms with van der Waals surface area (Å²) in [5, 5.41) is 6.14. The molecule has 1 aliphatic rings. The van der Waals surface area contributed by atoms with Crippen LogP contribution in [0.15, 0.2) is 23.0 Å². The van der Waals surface area contributed by atoms with Crippen molar-refractivity contribution < 1.29 is 14.3 Å². The lowest BCUT2D eigenvalue weighted by Crippen LogP contribution is -2.36.